The lowest BCUT2D eigenvalue weighted by molar-refractivity contribution is 0.584. The van der Waals surface area contributed by atoms with Crippen LogP contribution in [0.15, 0.2) is 11.6 Å². The van der Waals surface area contributed by atoms with E-state index in [1.807, 2.05) is 0 Å². The van der Waals surface area contributed by atoms with Gasteiger partial charge in [0.2, 0.25) is 0 Å². The molecule has 0 fully saturated rings. The summed E-state index contributed by atoms with van der Waals surface area (Å²) in [6, 6.07) is 0. The molecule has 0 aliphatic heterocycles. The van der Waals surface area contributed by atoms with E-state index >= 15 is 0 Å². The van der Waals surface area contributed by atoms with Gasteiger partial charge in [-0.25, -0.2) is 0 Å². The Balaban J connectivity index is 2.01. The monoisotopic (exact) mass is 124 g/mol. The van der Waals surface area contributed by atoms with Crippen LogP contribution < -0.4 is 0 Å². The van der Waals surface area contributed by atoms with E-state index in [2.05, 4.69) is 26.8 Å². The molecule has 0 nitrogen and oxygen atoms in total. The molecule has 0 bridgehead atoms. The molecule has 52 valence electrons. The number of rotatable bonds is 3. The first-order valence-electron chi connectivity index (χ1n) is 3.90. The molecule has 0 aromatic heterocycles. The molecule has 1 rings (SSSR count). The Labute approximate surface area is 58.0 Å². The van der Waals surface area contributed by atoms with E-state index in [9.17, 15) is 0 Å². The third-order valence-electron chi connectivity index (χ3n) is 1.95. The molecular formula is C9H16. The van der Waals surface area contributed by atoms with Crippen LogP contribution in [-0.2, 0) is 0 Å². The molecule has 0 saturated heterocycles. The Morgan fingerprint density at radius 3 is 2.44 bits per heavy atom. The van der Waals surface area contributed by atoms with Gasteiger partial charge in [0.15, 0.2) is 0 Å². The molecule has 0 saturated carbocycles. The normalized spacial score (nSPS) is 24.4. The van der Waals surface area contributed by atoms with E-state index in [1.54, 1.807) is 5.57 Å². The fourth-order valence-electron chi connectivity index (χ4n) is 1.04. The fraction of sp³-hybridized carbons (Fsp3) is 0.778. The van der Waals surface area contributed by atoms with Crippen molar-refractivity contribution in [1.29, 1.82) is 0 Å². The Morgan fingerprint density at radius 2 is 2.11 bits per heavy atom. The van der Waals surface area contributed by atoms with Crippen molar-refractivity contribution in [1.82, 2.24) is 0 Å². The van der Waals surface area contributed by atoms with Crippen molar-refractivity contribution in [2.75, 3.05) is 0 Å². The van der Waals surface area contributed by atoms with Crippen LogP contribution in [0, 0.1) is 11.8 Å². The van der Waals surface area contributed by atoms with Gasteiger partial charge in [-0.15, -0.1) is 0 Å². The highest BCUT2D eigenvalue weighted by Crippen LogP contribution is 2.32. The van der Waals surface area contributed by atoms with E-state index in [1.165, 1.54) is 12.8 Å². The molecule has 0 spiro atoms. The van der Waals surface area contributed by atoms with E-state index in [-0.39, 0.29) is 0 Å². The van der Waals surface area contributed by atoms with Gasteiger partial charge in [0.25, 0.3) is 0 Å². The summed E-state index contributed by atoms with van der Waals surface area (Å²) in [5.74, 6) is 1.72. The first-order chi connectivity index (χ1) is 4.20. The number of hydrogen-bond acceptors (Lipinski definition) is 0. The Hall–Kier alpha value is -0.260. The summed E-state index contributed by atoms with van der Waals surface area (Å²) in [6.45, 7) is 6.84. The van der Waals surface area contributed by atoms with E-state index in [0.29, 0.717) is 0 Å². The van der Waals surface area contributed by atoms with Crippen molar-refractivity contribution in [2.45, 2.75) is 33.6 Å². The molecule has 0 amide bonds. The van der Waals surface area contributed by atoms with Gasteiger partial charge in [0, 0.05) is 0 Å². The van der Waals surface area contributed by atoms with Crippen LogP contribution in [0.2, 0.25) is 0 Å². The second-order valence-corrected chi connectivity index (χ2v) is 3.46. The molecular weight excluding hydrogens is 108 g/mol. The Kier molecular flexibility index (Phi) is 1.94. The SMILES string of the molecule is CC(C)CCC1=CC1C. The molecule has 0 radical (unpaired) electrons. The van der Waals surface area contributed by atoms with Gasteiger partial charge in [-0.1, -0.05) is 32.4 Å². The average Bonchev–Trinajstić information content (AvgIpc) is 2.42. The summed E-state index contributed by atoms with van der Waals surface area (Å²) in [5, 5.41) is 0. The molecule has 0 heteroatoms. The third-order valence-corrected chi connectivity index (χ3v) is 1.95. The fourth-order valence-corrected chi connectivity index (χ4v) is 1.04. The first-order valence-corrected chi connectivity index (χ1v) is 3.90. The highest BCUT2D eigenvalue weighted by molar-refractivity contribution is 5.27. The Morgan fingerprint density at radius 1 is 1.56 bits per heavy atom. The molecule has 1 aliphatic rings. The molecule has 0 aromatic rings. The Bertz CT molecular complexity index is 120. The summed E-state index contributed by atoms with van der Waals surface area (Å²) >= 11 is 0. The minimum absolute atomic E-state index is 0.851. The smallest absolute Gasteiger partial charge is 0.00486 e. The lowest BCUT2D eigenvalue weighted by Gasteiger charge is -2.00. The van der Waals surface area contributed by atoms with Crippen molar-refractivity contribution >= 4 is 0 Å². The largest absolute Gasteiger partial charge is 0.0778 e. The van der Waals surface area contributed by atoms with Crippen molar-refractivity contribution in [2.24, 2.45) is 11.8 Å². The standard InChI is InChI=1S/C9H16/c1-7(2)4-5-9-6-8(9)3/h6-8H,4-5H2,1-3H3. The molecule has 0 N–H and O–H groups in total. The minimum atomic E-state index is 0.851. The zero-order valence-electron chi connectivity index (χ0n) is 6.65. The van der Waals surface area contributed by atoms with Gasteiger partial charge < -0.3 is 0 Å². The lowest BCUT2D eigenvalue weighted by atomic mass is 10.1. The van der Waals surface area contributed by atoms with Gasteiger partial charge in [0.1, 0.15) is 0 Å². The van der Waals surface area contributed by atoms with Crippen molar-refractivity contribution in [3.63, 3.8) is 0 Å². The topological polar surface area (TPSA) is 0 Å². The predicted molar refractivity (Wildman–Crippen MR) is 41.3 cm³/mol. The minimum Gasteiger partial charge on any atom is -0.0778 e. The summed E-state index contributed by atoms with van der Waals surface area (Å²) in [6.07, 6.45) is 5.08. The number of allylic oxidation sites excluding steroid dienone is 2. The molecule has 0 aromatic carbocycles. The zero-order valence-corrected chi connectivity index (χ0v) is 6.65. The van der Waals surface area contributed by atoms with Gasteiger partial charge in [-0.2, -0.15) is 0 Å². The highest BCUT2D eigenvalue weighted by atomic mass is 14.2. The maximum Gasteiger partial charge on any atom is -0.00486 e. The van der Waals surface area contributed by atoms with E-state index in [4.69, 9.17) is 0 Å². The van der Waals surface area contributed by atoms with Gasteiger partial charge in [0.05, 0.1) is 0 Å². The van der Waals surface area contributed by atoms with Crippen molar-refractivity contribution < 1.29 is 0 Å². The quantitative estimate of drug-likeness (QED) is 0.507. The average molecular weight is 124 g/mol. The summed E-state index contributed by atoms with van der Waals surface area (Å²) < 4.78 is 0. The molecule has 9 heavy (non-hydrogen) atoms. The van der Waals surface area contributed by atoms with Crippen LogP contribution in [0.1, 0.15) is 33.6 Å². The zero-order chi connectivity index (χ0) is 6.85. The summed E-state index contributed by atoms with van der Waals surface area (Å²) in [4.78, 5) is 0. The van der Waals surface area contributed by atoms with Crippen LogP contribution in [0.4, 0.5) is 0 Å². The second kappa shape index (κ2) is 2.55. The van der Waals surface area contributed by atoms with Gasteiger partial charge >= 0.3 is 0 Å². The maximum absolute atomic E-state index is 2.36. The molecule has 1 aliphatic carbocycles. The first kappa shape index (κ1) is 6.85. The highest BCUT2D eigenvalue weighted by Gasteiger charge is 2.17. The summed E-state index contributed by atoms with van der Waals surface area (Å²) in [7, 11) is 0. The molecule has 0 heterocycles. The van der Waals surface area contributed by atoms with Crippen molar-refractivity contribution in [3.8, 4) is 0 Å². The van der Waals surface area contributed by atoms with Crippen LogP contribution in [0.3, 0.4) is 0 Å². The van der Waals surface area contributed by atoms with Crippen LogP contribution >= 0.6 is 0 Å². The van der Waals surface area contributed by atoms with Gasteiger partial charge in [-0.05, 0) is 24.7 Å². The van der Waals surface area contributed by atoms with Crippen molar-refractivity contribution in [3.05, 3.63) is 11.6 Å². The molecule has 1 atom stereocenters. The number of hydrogen-bond donors (Lipinski definition) is 0. The van der Waals surface area contributed by atoms with E-state index < -0.39 is 0 Å². The maximum atomic E-state index is 2.36. The second-order valence-electron chi connectivity index (χ2n) is 3.46. The van der Waals surface area contributed by atoms with Crippen LogP contribution in [-0.4, -0.2) is 0 Å². The van der Waals surface area contributed by atoms with E-state index in [0.717, 1.165) is 11.8 Å². The predicted octanol–water partition coefficient (Wildman–Crippen LogP) is 3.00. The third kappa shape index (κ3) is 2.21. The summed E-state index contributed by atoms with van der Waals surface area (Å²) in [5.41, 5.74) is 1.68. The van der Waals surface area contributed by atoms with Crippen LogP contribution in [0.25, 0.3) is 0 Å². The van der Waals surface area contributed by atoms with Crippen LogP contribution in [0.5, 0.6) is 0 Å². The molecule has 1 unspecified atom stereocenters. The lowest BCUT2D eigenvalue weighted by Crippen LogP contribution is -1.85. The van der Waals surface area contributed by atoms with Gasteiger partial charge in [-0.3, -0.25) is 0 Å².